The van der Waals surface area contributed by atoms with Crippen molar-refractivity contribution in [2.75, 3.05) is 19.6 Å². The first-order valence-electron chi connectivity index (χ1n) is 9.91. The van der Waals surface area contributed by atoms with Crippen LogP contribution in [0.4, 0.5) is 0 Å². The van der Waals surface area contributed by atoms with Gasteiger partial charge in [0.25, 0.3) is 0 Å². The molecular formula is C22H29GeNO3. The summed E-state index contributed by atoms with van der Waals surface area (Å²) < 4.78 is 20.3. The van der Waals surface area contributed by atoms with Gasteiger partial charge in [0.05, 0.1) is 0 Å². The molecular weight excluding hydrogens is 399 g/mol. The van der Waals surface area contributed by atoms with Gasteiger partial charge in [-0.1, -0.05) is 0 Å². The molecule has 27 heavy (non-hydrogen) atoms. The van der Waals surface area contributed by atoms with Crippen LogP contribution >= 0.6 is 0 Å². The molecule has 144 valence electrons. The molecule has 0 aliphatic carbocycles. The summed E-state index contributed by atoms with van der Waals surface area (Å²) >= 11 is -3.72. The zero-order valence-corrected chi connectivity index (χ0v) is 18.5. The molecule has 3 heterocycles. The van der Waals surface area contributed by atoms with Gasteiger partial charge in [-0.25, -0.2) is 0 Å². The molecule has 5 heteroatoms. The van der Waals surface area contributed by atoms with E-state index < -0.39 is 14.3 Å². The Bertz CT molecular complexity index is 666. The Balaban J connectivity index is 1.86. The van der Waals surface area contributed by atoms with Crippen molar-refractivity contribution in [1.29, 1.82) is 0 Å². The topological polar surface area (TPSA) is 30.9 Å². The van der Waals surface area contributed by atoms with Crippen molar-refractivity contribution >= 4 is 14.3 Å². The number of nitrogens with zero attached hydrogens (tertiary/aromatic N) is 1. The molecule has 0 saturated carbocycles. The molecule has 4 nitrogen and oxygen atoms in total. The summed E-state index contributed by atoms with van der Waals surface area (Å²) in [6.07, 6.45) is 0.291. The van der Waals surface area contributed by atoms with E-state index in [9.17, 15) is 0 Å². The predicted octanol–water partition coefficient (Wildman–Crippen LogP) is 3.84. The molecule has 5 rings (SSSR count). The van der Waals surface area contributed by atoms with Crippen molar-refractivity contribution in [2.45, 2.75) is 43.8 Å². The zero-order chi connectivity index (χ0) is 18.9. The third kappa shape index (κ3) is 4.15. The van der Waals surface area contributed by atoms with Crippen molar-refractivity contribution in [3.63, 3.8) is 0 Å². The predicted molar refractivity (Wildman–Crippen MR) is 109 cm³/mol. The van der Waals surface area contributed by atoms with E-state index in [2.05, 4.69) is 86.3 Å². The fraction of sp³-hybridized carbons (Fsp3) is 0.455. The first-order chi connectivity index (χ1) is 13.1. The zero-order valence-electron chi connectivity index (χ0n) is 16.4. The van der Waals surface area contributed by atoms with Crippen LogP contribution in [0.25, 0.3) is 0 Å². The fourth-order valence-electron chi connectivity index (χ4n) is 4.45. The van der Waals surface area contributed by atoms with Gasteiger partial charge in [0.15, 0.2) is 0 Å². The van der Waals surface area contributed by atoms with Crippen LogP contribution in [-0.4, -0.2) is 57.1 Å². The molecule has 2 aromatic carbocycles. The molecule has 3 aliphatic rings. The number of hydrogen-bond donors (Lipinski definition) is 0. The average Bonchev–Trinajstić information content (AvgIpc) is 2.60. The van der Waals surface area contributed by atoms with Crippen LogP contribution in [0, 0.1) is 0 Å². The van der Waals surface area contributed by atoms with Gasteiger partial charge in [-0.15, -0.1) is 0 Å². The molecule has 3 atom stereocenters. The normalized spacial score (nSPS) is 34.1. The van der Waals surface area contributed by atoms with Crippen LogP contribution in [0.1, 0.15) is 36.6 Å². The molecule has 3 fully saturated rings. The van der Waals surface area contributed by atoms with Crippen molar-refractivity contribution in [2.24, 2.45) is 0 Å². The van der Waals surface area contributed by atoms with E-state index in [-0.39, 0.29) is 23.1 Å². The van der Waals surface area contributed by atoms with Crippen molar-refractivity contribution in [1.82, 2.24) is 4.90 Å². The Morgan fingerprint density at radius 3 is 1.44 bits per heavy atom. The van der Waals surface area contributed by atoms with Crippen LogP contribution in [0.5, 0.6) is 0 Å². The first-order valence-corrected chi connectivity index (χ1v) is 13.7. The van der Waals surface area contributed by atoms with Crippen molar-refractivity contribution in [3.8, 4) is 0 Å². The molecule has 0 radical (unpaired) electrons. The number of fused-ring (bicyclic) bond motifs is 6. The summed E-state index contributed by atoms with van der Waals surface area (Å²) in [6, 6.07) is 21.2. The fourth-order valence-corrected chi connectivity index (χ4v) is 12.2. The molecule has 3 aliphatic heterocycles. The van der Waals surface area contributed by atoms with Gasteiger partial charge < -0.3 is 0 Å². The Labute approximate surface area is 165 Å². The van der Waals surface area contributed by atoms with E-state index in [1.807, 2.05) is 0 Å². The Morgan fingerprint density at radius 2 is 1.07 bits per heavy atom. The monoisotopic (exact) mass is 429 g/mol. The quantitative estimate of drug-likeness (QED) is 0.696. The minimum atomic E-state index is -3.72. The SMILES string of the molecule is CC1CN2CC(C)[O][Ge]([CH](c3ccccc3)c3ccccc3)([O]1)[O]C(C)C2. The number of rotatable bonds is 3. The van der Waals surface area contributed by atoms with E-state index in [1.165, 1.54) is 11.1 Å². The first kappa shape index (κ1) is 19.2. The molecule has 0 N–H and O–H groups in total. The van der Waals surface area contributed by atoms with Gasteiger partial charge in [-0.3, -0.25) is 0 Å². The second kappa shape index (κ2) is 8.05. The second-order valence-electron chi connectivity index (χ2n) is 7.86. The molecule has 3 saturated heterocycles. The summed E-state index contributed by atoms with van der Waals surface area (Å²) in [4.78, 5) is 2.41. The molecule has 2 aromatic rings. The van der Waals surface area contributed by atoms with Crippen LogP contribution < -0.4 is 0 Å². The summed E-state index contributed by atoms with van der Waals surface area (Å²) in [5, 5.41) is 0. The molecule has 0 amide bonds. The van der Waals surface area contributed by atoms with E-state index in [1.54, 1.807) is 0 Å². The van der Waals surface area contributed by atoms with Gasteiger partial charge in [0.1, 0.15) is 0 Å². The van der Waals surface area contributed by atoms with Crippen molar-refractivity contribution in [3.05, 3.63) is 71.8 Å². The third-order valence-corrected chi connectivity index (χ3v) is 12.7. The van der Waals surface area contributed by atoms with Crippen LogP contribution in [0.15, 0.2) is 60.7 Å². The van der Waals surface area contributed by atoms with E-state index >= 15 is 0 Å². The molecule has 3 unspecified atom stereocenters. The summed E-state index contributed by atoms with van der Waals surface area (Å²) in [5.41, 5.74) is 2.43. The maximum absolute atomic E-state index is 6.76. The van der Waals surface area contributed by atoms with Crippen LogP contribution in [0.3, 0.4) is 0 Å². The van der Waals surface area contributed by atoms with Crippen molar-refractivity contribution < 1.29 is 11.3 Å². The molecule has 0 aromatic heterocycles. The maximum atomic E-state index is 6.76. The van der Waals surface area contributed by atoms with Crippen LogP contribution in [-0.2, 0) is 11.3 Å². The standard InChI is InChI=1S/C22H29GeNO3/c1-17-14-24-15-18(2)26-23(25-17,27-19(3)16-24)22(20-10-6-4-7-11-20)21-12-8-5-9-13-21/h4-13,17-19,22H,14-16H2,1-3H3. The van der Waals surface area contributed by atoms with Crippen LogP contribution in [0.2, 0.25) is 0 Å². The molecule has 0 spiro atoms. The van der Waals surface area contributed by atoms with E-state index in [0.29, 0.717) is 0 Å². The Morgan fingerprint density at radius 1 is 0.704 bits per heavy atom. The van der Waals surface area contributed by atoms with Gasteiger partial charge in [-0.05, 0) is 0 Å². The van der Waals surface area contributed by atoms with Gasteiger partial charge in [0.2, 0.25) is 0 Å². The van der Waals surface area contributed by atoms with Gasteiger partial charge in [-0.2, -0.15) is 0 Å². The van der Waals surface area contributed by atoms with Gasteiger partial charge >= 0.3 is 166 Å². The third-order valence-electron chi connectivity index (χ3n) is 5.26. The summed E-state index contributed by atoms with van der Waals surface area (Å²) in [7, 11) is 0. The Kier molecular flexibility index (Phi) is 5.71. The van der Waals surface area contributed by atoms with Gasteiger partial charge in [0, 0.05) is 0 Å². The van der Waals surface area contributed by atoms with E-state index in [4.69, 9.17) is 11.3 Å². The number of benzene rings is 2. The number of hydrogen-bond acceptors (Lipinski definition) is 4. The molecule has 2 bridgehead atoms. The minimum absolute atomic E-state index is 0.0180. The summed E-state index contributed by atoms with van der Waals surface area (Å²) in [5.74, 6) is 0. The second-order valence-corrected chi connectivity index (χ2v) is 13.1. The van der Waals surface area contributed by atoms with E-state index in [0.717, 1.165) is 19.6 Å². The summed E-state index contributed by atoms with van der Waals surface area (Å²) in [6.45, 7) is 9.26. The Hall–Kier alpha value is -1.18. The average molecular weight is 428 g/mol.